The Hall–Kier alpha value is -1.16. The molecule has 0 saturated heterocycles. The number of thiol groups is 1. The number of allylic oxidation sites excluding steroid dienone is 4. The van der Waals surface area contributed by atoms with Crippen molar-refractivity contribution in [3.8, 4) is 12.8 Å². The molecule has 0 rings (SSSR count). The molecule has 0 amide bonds. The van der Waals surface area contributed by atoms with Crippen molar-refractivity contribution in [1.29, 1.82) is 0 Å². The molecule has 6 heteroatoms. The van der Waals surface area contributed by atoms with Crippen molar-refractivity contribution in [3.63, 3.8) is 0 Å². The Morgan fingerprint density at radius 2 is 2.05 bits per heavy atom. The van der Waals surface area contributed by atoms with E-state index in [1.807, 2.05) is 13.0 Å². The molecule has 0 aromatic rings. The van der Waals surface area contributed by atoms with Gasteiger partial charge in [-0.1, -0.05) is 19.4 Å². The van der Waals surface area contributed by atoms with Crippen LogP contribution >= 0.6 is 12.6 Å². The van der Waals surface area contributed by atoms with Gasteiger partial charge in [-0.15, -0.1) is 12.8 Å². The number of unbranched alkanes of at least 4 members (excludes halogenated alkanes) is 1. The molecule has 0 aliphatic carbocycles. The molecule has 0 atom stereocenters. The molecule has 0 radical (unpaired) electrons. The molecule has 0 saturated carbocycles. The van der Waals surface area contributed by atoms with E-state index in [2.05, 4.69) is 37.1 Å². The molecule has 0 bridgehead atoms. The van der Waals surface area contributed by atoms with Crippen LogP contribution in [-0.4, -0.2) is 27.3 Å². The van der Waals surface area contributed by atoms with Crippen molar-refractivity contribution in [2.45, 2.75) is 26.7 Å². The third-order valence-electron chi connectivity index (χ3n) is 2.03. The highest BCUT2D eigenvalue weighted by Gasteiger charge is 2.01. The first kappa shape index (κ1) is 22.1. The van der Waals surface area contributed by atoms with Crippen LogP contribution in [0.2, 0.25) is 0 Å². The summed E-state index contributed by atoms with van der Waals surface area (Å²) in [5.74, 6) is 1.11. The zero-order valence-electron chi connectivity index (χ0n) is 12.7. The van der Waals surface area contributed by atoms with Crippen molar-refractivity contribution < 1.29 is 13.2 Å². The largest absolute Gasteiger partial charge is 0.494 e. The summed E-state index contributed by atoms with van der Waals surface area (Å²) in [6.45, 7) is 4.91. The van der Waals surface area contributed by atoms with Gasteiger partial charge in [-0.2, -0.15) is 12.6 Å². The first-order chi connectivity index (χ1) is 10.1. The van der Waals surface area contributed by atoms with Crippen molar-refractivity contribution in [2.24, 2.45) is 0 Å². The lowest BCUT2D eigenvalue weighted by atomic mass is 10.3. The molecular weight excluding hydrogens is 306 g/mol. The maximum absolute atomic E-state index is 11.5. The Morgan fingerprint density at radius 3 is 2.57 bits per heavy atom. The number of hydrogen-bond acceptors (Lipinski definition) is 4. The van der Waals surface area contributed by atoms with E-state index in [0.717, 1.165) is 18.2 Å². The highest BCUT2D eigenvalue weighted by molar-refractivity contribution is 7.92. The van der Waals surface area contributed by atoms with Crippen LogP contribution in [0.25, 0.3) is 0 Å². The molecular formula is C15H25NO3S2. The van der Waals surface area contributed by atoms with Crippen molar-refractivity contribution in [2.75, 3.05) is 18.9 Å². The van der Waals surface area contributed by atoms with E-state index >= 15 is 0 Å². The predicted octanol–water partition coefficient (Wildman–Crippen LogP) is 2.88. The molecule has 0 unspecified atom stereocenters. The van der Waals surface area contributed by atoms with E-state index < -0.39 is 10.0 Å². The van der Waals surface area contributed by atoms with Crippen LogP contribution in [0.4, 0.5) is 0 Å². The standard InChI is InChI=1S/C13H23NO3S2.C2H2/c1-3-5-10-17-13(7-4-2)8-6-12-19(15,16)14-9-11-18;1-2/h4,6-8,12,14,18H,3,5,9-11H2,1-2H3;1-2H/b7-4-,12-6+,13-8+;. The smallest absolute Gasteiger partial charge is 0.233 e. The summed E-state index contributed by atoms with van der Waals surface area (Å²) in [6, 6.07) is 0. The van der Waals surface area contributed by atoms with E-state index in [1.54, 1.807) is 12.2 Å². The Bertz CT molecular complexity index is 449. The second kappa shape index (κ2) is 15.2. The van der Waals surface area contributed by atoms with Gasteiger partial charge in [0.15, 0.2) is 0 Å². The SMILES string of the molecule is C#C.C\C=C/C(=C\C=C\S(=O)(=O)NCCS)OCCCC. The zero-order chi connectivity index (χ0) is 16.6. The third-order valence-corrected chi connectivity index (χ3v) is 3.38. The van der Waals surface area contributed by atoms with Gasteiger partial charge >= 0.3 is 0 Å². The fourth-order valence-corrected chi connectivity index (χ4v) is 2.16. The molecule has 21 heavy (non-hydrogen) atoms. The van der Waals surface area contributed by atoms with Crippen LogP contribution in [-0.2, 0) is 14.8 Å². The van der Waals surface area contributed by atoms with Crippen LogP contribution in [0.5, 0.6) is 0 Å². The van der Waals surface area contributed by atoms with Crippen LogP contribution in [0.1, 0.15) is 26.7 Å². The summed E-state index contributed by atoms with van der Waals surface area (Å²) < 4.78 is 30.8. The summed E-state index contributed by atoms with van der Waals surface area (Å²) in [4.78, 5) is 0. The number of terminal acetylenes is 1. The lowest BCUT2D eigenvalue weighted by Crippen LogP contribution is -2.23. The minimum absolute atomic E-state index is 0.314. The Labute approximate surface area is 134 Å². The number of hydrogen-bond donors (Lipinski definition) is 2. The molecule has 0 aliphatic rings. The summed E-state index contributed by atoms with van der Waals surface area (Å²) in [5, 5.41) is 1.11. The van der Waals surface area contributed by atoms with Gasteiger partial charge in [-0.25, -0.2) is 13.1 Å². The van der Waals surface area contributed by atoms with Gasteiger partial charge in [-0.05, 0) is 31.6 Å². The number of sulfonamides is 1. The van der Waals surface area contributed by atoms with Crippen molar-refractivity contribution in [3.05, 3.63) is 35.5 Å². The summed E-state index contributed by atoms with van der Waals surface area (Å²) in [7, 11) is -3.38. The van der Waals surface area contributed by atoms with Crippen LogP contribution in [0, 0.1) is 12.8 Å². The summed E-state index contributed by atoms with van der Waals surface area (Å²) in [5.41, 5.74) is 0. The van der Waals surface area contributed by atoms with Gasteiger partial charge in [0.05, 0.1) is 6.61 Å². The molecule has 4 nitrogen and oxygen atoms in total. The Kier molecular flexibility index (Phi) is 16.1. The monoisotopic (exact) mass is 331 g/mol. The van der Waals surface area contributed by atoms with E-state index in [9.17, 15) is 8.42 Å². The first-order valence-electron chi connectivity index (χ1n) is 6.63. The summed E-state index contributed by atoms with van der Waals surface area (Å²) >= 11 is 3.94. The molecule has 0 aliphatic heterocycles. The molecule has 120 valence electrons. The average molecular weight is 332 g/mol. The first-order valence-corrected chi connectivity index (χ1v) is 8.81. The second-order valence-corrected chi connectivity index (χ2v) is 5.86. The molecule has 0 aromatic heterocycles. The van der Waals surface area contributed by atoms with Gasteiger partial charge in [-0.3, -0.25) is 0 Å². The van der Waals surface area contributed by atoms with E-state index in [0.29, 0.717) is 24.7 Å². The van der Waals surface area contributed by atoms with Gasteiger partial charge in [0.1, 0.15) is 5.76 Å². The molecule has 0 fully saturated rings. The van der Waals surface area contributed by atoms with Crippen LogP contribution in [0.15, 0.2) is 35.5 Å². The molecule has 0 heterocycles. The second-order valence-electron chi connectivity index (χ2n) is 3.76. The zero-order valence-corrected chi connectivity index (χ0v) is 14.4. The van der Waals surface area contributed by atoms with Crippen molar-refractivity contribution >= 4 is 22.7 Å². The van der Waals surface area contributed by atoms with E-state index in [-0.39, 0.29) is 0 Å². The van der Waals surface area contributed by atoms with Gasteiger partial charge in [0, 0.05) is 17.7 Å². The topological polar surface area (TPSA) is 55.4 Å². The lowest BCUT2D eigenvalue weighted by Gasteiger charge is -2.05. The van der Waals surface area contributed by atoms with E-state index in [1.165, 1.54) is 6.08 Å². The number of ether oxygens (including phenoxy) is 1. The normalized spacial score (nSPS) is 12.3. The fourth-order valence-electron chi connectivity index (χ4n) is 1.12. The van der Waals surface area contributed by atoms with Crippen LogP contribution in [0.3, 0.4) is 0 Å². The fraction of sp³-hybridized carbons (Fsp3) is 0.467. The van der Waals surface area contributed by atoms with Gasteiger partial charge in [0.2, 0.25) is 10.0 Å². The maximum Gasteiger partial charge on any atom is 0.233 e. The average Bonchev–Trinajstić information content (AvgIpc) is 2.47. The van der Waals surface area contributed by atoms with Gasteiger partial charge < -0.3 is 4.74 Å². The third kappa shape index (κ3) is 15.1. The lowest BCUT2D eigenvalue weighted by molar-refractivity contribution is 0.219. The summed E-state index contributed by atoms with van der Waals surface area (Å²) in [6.07, 6.45) is 16.8. The highest BCUT2D eigenvalue weighted by Crippen LogP contribution is 2.03. The predicted molar refractivity (Wildman–Crippen MR) is 93.6 cm³/mol. The molecule has 0 aromatic carbocycles. The van der Waals surface area contributed by atoms with E-state index in [4.69, 9.17) is 4.74 Å². The molecule has 1 N–H and O–H groups in total. The number of rotatable bonds is 10. The Morgan fingerprint density at radius 1 is 1.38 bits per heavy atom. The minimum atomic E-state index is -3.38. The molecule has 0 spiro atoms. The maximum atomic E-state index is 11.5. The van der Waals surface area contributed by atoms with Crippen LogP contribution < -0.4 is 4.72 Å². The highest BCUT2D eigenvalue weighted by atomic mass is 32.2. The van der Waals surface area contributed by atoms with Crippen molar-refractivity contribution in [1.82, 2.24) is 4.72 Å². The quantitative estimate of drug-likeness (QED) is 0.213. The minimum Gasteiger partial charge on any atom is -0.494 e. The van der Waals surface area contributed by atoms with Gasteiger partial charge in [0.25, 0.3) is 0 Å². The Balaban J connectivity index is 0. The number of nitrogens with one attached hydrogen (secondary N) is 1.